The number of hydrogen-bond acceptors (Lipinski definition) is 8. The van der Waals surface area contributed by atoms with Gasteiger partial charge in [-0.3, -0.25) is 28.9 Å². The fourth-order valence-corrected chi connectivity index (χ4v) is 5.30. The second kappa shape index (κ2) is 22.1. The number of hydrogen-bond donors (Lipinski definition) is 6. The molecule has 7 N–H and O–H groups in total. The minimum atomic E-state index is -0.999. The van der Waals surface area contributed by atoms with Crippen molar-refractivity contribution < 1.29 is 38.3 Å². The van der Waals surface area contributed by atoms with Gasteiger partial charge >= 0.3 is 12.1 Å². The lowest BCUT2D eigenvalue weighted by molar-refractivity contribution is -0.137. The molecule has 0 aliphatic carbocycles. The van der Waals surface area contributed by atoms with Crippen LogP contribution in [0.4, 0.5) is 15.3 Å². The highest BCUT2D eigenvalue weighted by atomic mass is 16.5. The Labute approximate surface area is 306 Å². The molecule has 52 heavy (non-hydrogen) atoms. The van der Waals surface area contributed by atoms with Crippen molar-refractivity contribution in [1.82, 2.24) is 26.2 Å². The molecule has 1 aromatic rings. The summed E-state index contributed by atoms with van der Waals surface area (Å²) in [6.07, 6.45) is 7.20. The second-order valence-electron chi connectivity index (χ2n) is 14.5. The zero-order valence-corrected chi connectivity index (χ0v) is 31.2. The van der Waals surface area contributed by atoms with Gasteiger partial charge in [-0.25, -0.2) is 9.59 Å². The Morgan fingerprint density at radius 3 is 2.08 bits per heavy atom. The first-order valence-electron chi connectivity index (χ1n) is 18.0. The van der Waals surface area contributed by atoms with Crippen LogP contribution >= 0.6 is 0 Å². The molecule has 15 nitrogen and oxygen atoms in total. The summed E-state index contributed by atoms with van der Waals surface area (Å²) >= 11 is 0. The van der Waals surface area contributed by atoms with Gasteiger partial charge in [0, 0.05) is 43.9 Å². The molecule has 0 aromatic heterocycles. The van der Waals surface area contributed by atoms with E-state index in [1.807, 2.05) is 0 Å². The van der Waals surface area contributed by atoms with E-state index in [0.717, 1.165) is 24.2 Å². The SMILES string of the molecule is CC(C)[C@H](NC(=O)CCCCCN1C(=O)C=CC1=O)C(=O)N[C@@H](CCCNC(N)=O)C(=O)Nc1ccc(COC(=O)NCCCCC(C)(C)C)cc1. The zero-order valence-electron chi connectivity index (χ0n) is 31.2. The third-order valence-electron chi connectivity index (χ3n) is 8.27. The molecule has 0 saturated carbocycles. The van der Waals surface area contributed by atoms with Crippen molar-refractivity contribution in [2.24, 2.45) is 17.1 Å². The van der Waals surface area contributed by atoms with Gasteiger partial charge in [0.2, 0.25) is 17.7 Å². The summed E-state index contributed by atoms with van der Waals surface area (Å²) in [6, 6.07) is 4.11. The minimum Gasteiger partial charge on any atom is -0.445 e. The molecule has 2 atom stereocenters. The number of anilines is 1. The molecule has 0 radical (unpaired) electrons. The van der Waals surface area contributed by atoms with Gasteiger partial charge in [0.25, 0.3) is 11.8 Å². The Bertz CT molecular complexity index is 1390. The van der Waals surface area contributed by atoms with E-state index in [4.69, 9.17) is 10.5 Å². The van der Waals surface area contributed by atoms with Gasteiger partial charge in [-0.2, -0.15) is 0 Å². The van der Waals surface area contributed by atoms with Crippen molar-refractivity contribution in [2.75, 3.05) is 25.0 Å². The summed E-state index contributed by atoms with van der Waals surface area (Å²) in [5, 5.41) is 13.5. The van der Waals surface area contributed by atoms with Crippen LogP contribution in [0.1, 0.15) is 98.0 Å². The van der Waals surface area contributed by atoms with Crippen LogP contribution < -0.4 is 32.3 Å². The van der Waals surface area contributed by atoms with E-state index in [9.17, 15) is 33.6 Å². The Morgan fingerprint density at radius 2 is 1.46 bits per heavy atom. The van der Waals surface area contributed by atoms with Crippen LogP contribution in [0.5, 0.6) is 0 Å². The molecule has 1 aliphatic rings. The topological polar surface area (TPSA) is 218 Å². The predicted molar refractivity (Wildman–Crippen MR) is 196 cm³/mol. The van der Waals surface area contributed by atoms with Gasteiger partial charge < -0.3 is 37.1 Å². The van der Waals surface area contributed by atoms with Crippen molar-refractivity contribution in [2.45, 2.75) is 111 Å². The summed E-state index contributed by atoms with van der Waals surface area (Å²) in [5.41, 5.74) is 6.58. The molecule has 0 spiro atoms. The van der Waals surface area contributed by atoms with Crippen LogP contribution in [-0.2, 0) is 35.3 Å². The summed E-state index contributed by atoms with van der Waals surface area (Å²) in [4.78, 5) is 87.3. The van der Waals surface area contributed by atoms with Crippen LogP contribution in [0.2, 0.25) is 0 Å². The monoisotopic (exact) mass is 727 g/mol. The van der Waals surface area contributed by atoms with Crippen molar-refractivity contribution in [3.8, 4) is 0 Å². The quantitative estimate of drug-likeness (QED) is 0.0764. The molecule has 1 aromatic carbocycles. The Morgan fingerprint density at radius 1 is 0.808 bits per heavy atom. The molecule has 0 saturated heterocycles. The number of benzene rings is 1. The number of alkyl carbamates (subject to hydrolysis) is 1. The number of carbonyl (C=O) groups is 7. The van der Waals surface area contributed by atoms with Crippen molar-refractivity contribution in [3.05, 3.63) is 42.0 Å². The van der Waals surface area contributed by atoms with Gasteiger partial charge in [-0.1, -0.05) is 59.6 Å². The van der Waals surface area contributed by atoms with Crippen LogP contribution in [0.25, 0.3) is 0 Å². The van der Waals surface area contributed by atoms with Crippen LogP contribution in [0.15, 0.2) is 36.4 Å². The van der Waals surface area contributed by atoms with E-state index in [1.54, 1.807) is 38.1 Å². The molecule has 0 unspecified atom stereocenters. The first kappa shape index (κ1) is 43.2. The first-order valence-corrected chi connectivity index (χ1v) is 18.0. The van der Waals surface area contributed by atoms with Gasteiger partial charge in [-0.05, 0) is 67.6 Å². The highest BCUT2D eigenvalue weighted by molar-refractivity contribution is 6.12. The third kappa shape index (κ3) is 17.3. The number of unbranched alkanes of at least 4 members (excludes halogenated alkanes) is 3. The maximum absolute atomic E-state index is 13.4. The Hall–Kier alpha value is -4.95. The molecule has 8 amide bonds. The van der Waals surface area contributed by atoms with Crippen LogP contribution in [0.3, 0.4) is 0 Å². The van der Waals surface area contributed by atoms with Crippen molar-refractivity contribution in [1.29, 1.82) is 0 Å². The third-order valence-corrected chi connectivity index (χ3v) is 8.27. The number of primary amides is 1. The van der Waals surface area contributed by atoms with Crippen molar-refractivity contribution >= 4 is 47.3 Å². The van der Waals surface area contributed by atoms with E-state index in [2.05, 4.69) is 47.4 Å². The number of nitrogens with two attached hydrogens (primary N) is 1. The molecule has 15 heteroatoms. The first-order chi connectivity index (χ1) is 24.6. The normalized spacial score (nSPS) is 13.8. The smallest absolute Gasteiger partial charge is 0.407 e. The van der Waals surface area contributed by atoms with Crippen LogP contribution in [-0.4, -0.2) is 78.3 Å². The lowest BCUT2D eigenvalue weighted by Crippen LogP contribution is -2.54. The van der Waals surface area contributed by atoms with Gasteiger partial charge in [0.1, 0.15) is 18.7 Å². The number of imide groups is 1. The molecule has 0 fully saturated rings. The van der Waals surface area contributed by atoms with Gasteiger partial charge in [-0.15, -0.1) is 0 Å². The van der Waals surface area contributed by atoms with E-state index in [0.29, 0.717) is 43.5 Å². The molecule has 0 bridgehead atoms. The molecule has 288 valence electrons. The summed E-state index contributed by atoms with van der Waals surface area (Å²) in [7, 11) is 0. The lowest BCUT2D eigenvalue weighted by Gasteiger charge is -2.25. The molecule has 1 heterocycles. The molecule has 2 rings (SSSR count). The van der Waals surface area contributed by atoms with E-state index in [1.165, 1.54) is 12.2 Å². The number of ether oxygens (including phenoxy) is 1. The summed E-state index contributed by atoms with van der Waals surface area (Å²) in [6.45, 7) is 11.1. The molecule has 1 aliphatic heterocycles. The number of nitrogens with zero attached hydrogens (tertiary/aromatic N) is 1. The molecular weight excluding hydrogens is 670 g/mol. The highest BCUT2D eigenvalue weighted by Crippen LogP contribution is 2.21. The zero-order chi connectivity index (χ0) is 38.7. The van der Waals surface area contributed by atoms with Crippen molar-refractivity contribution in [3.63, 3.8) is 0 Å². The maximum Gasteiger partial charge on any atom is 0.407 e. The Balaban J connectivity index is 1.89. The number of amides is 8. The average molecular weight is 728 g/mol. The lowest BCUT2D eigenvalue weighted by atomic mass is 9.90. The van der Waals surface area contributed by atoms with Gasteiger partial charge in [0.05, 0.1) is 0 Å². The van der Waals surface area contributed by atoms with Crippen LogP contribution in [0, 0.1) is 11.3 Å². The average Bonchev–Trinajstić information content (AvgIpc) is 3.39. The number of urea groups is 1. The summed E-state index contributed by atoms with van der Waals surface area (Å²) in [5.74, 6) is -2.36. The standard InChI is InChI=1S/C37H57N7O8/c1-25(2)32(43-29(45)13-7-6-10-23-44-30(46)18-19-31(44)47)34(49)42-28(12-11-22-39-35(38)50)33(48)41-27-16-14-26(15-17-27)24-52-36(51)40-21-9-8-20-37(3,4)5/h14-19,25,28,32H,6-13,20-24H2,1-5H3,(H,40,51)(H,41,48)(H,42,49)(H,43,45)(H3,38,39,50)/t28-,32-/m0/s1. The largest absolute Gasteiger partial charge is 0.445 e. The highest BCUT2D eigenvalue weighted by Gasteiger charge is 2.29. The fourth-order valence-electron chi connectivity index (χ4n) is 5.30. The Kier molecular flexibility index (Phi) is 18.4. The summed E-state index contributed by atoms with van der Waals surface area (Å²) < 4.78 is 5.30. The number of rotatable bonds is 22. The second-order valence-corrected chi connectivity index (χ2v) is 14.5. The minimum absolute atomic E-state index is 0.0498. The maximum atomic E-state index is 13.4. The predicted octanol–water partition coefficient (Wildman–Crippen LogP) is 3.63. The van der Waals surface area contributed by atoms with E-state index in [-0.39, 0.29) is 61.6 Å². The fraction of sp³-hybridized carbons (Fsp3) is 0.595. The number of nitrogens with one attached hydrogen (secondary N) is 5. The number of carbonyl (C=O) groups excluding carboxylic acids is 7. The van der Waals surface area contributed by atoms with Gasteiger partial charge in [0.15, 0.2) is 0 Å². The molecular formula is C37H57N7O8. The van der Waals surface area contributed by atoms with E-state index < -0.39 is 36.0 Å². The van der Waals surface area contributed by atoms with E-state index >= 15 is 0 Å².